The minimum Gasteiger partial charge on any atom is -0.427 e. The molecule has 7 fully saturated rings. The number of nitrogens with two attached hydrogens (primary N) is 1. The molecule has 0 saturated heterocycles. The molecule has 0 spiro atoms. The van der Waals surface area contributed by atoms with Crippen molar-refractivity contribution in [2.45, 2.75) is 273 Å². The molecular formula is C82H146BCl6N25O18S10. The number of thiol groups is 6. The lowest BCUT2D eigenvalue weighted by Gasteiger charge is -2.09. The maximum absolute atomic E-state index is 12.7. The van der Waals surface area contributed by atoms with Gasteiger partial charge in [-0.15, -0.1) is 0 Å². The highest BCUT2D eigenvalue weighted by atomic mass is 35.5. The molecule has 9 heterocycles. The molecule has 0 aliphatic heterocycles. The molecule has 60 heteroatoms. The summed E-state index contributed by atoms with van der Waals surface area (Å²) in [4.78, 5) is 64.6. The van der Waals surface area contributed by atoms with Gasteiger partial charge in [-0.05, 0) is 173 Å². The summed E-state index contributed by atoms with van der Waals surface area (Å²) in [5, 5.41) is 103. The molecule has 0 atom stereocenters. The van der Waals surface area contributed by atoms with Crippen LogP contribution in [0.5, 0.6) is 0 Å². The number of sulfone groups is 3. The summed E-state index contributed by atoms with van der Waals surface area (Å²) in [7, 11) is -11.6. The van der Waals surface area contributed by atoms with Gasteiger partial charge >= 0.3 is 35.6 Å². The van der Waals surface area contributed by atoms with Crippen LogP contribution in [-0.4, -0.2) is 216 Å². The van der Waals surface area contributed by atoms with Gasteiger partial charge in [-0.3, -0.25) is 83.8 Å². The number of aromatic amines is 1. The van der Waals surface area contributed by atoms with Crippen molar-refractivity contribution in [1.29, 1.82) is 0 Å². The van der Waals surface area contributed by atoms with Crippen LogP contribution in [0, 0.1) is 80.2 Å². The van der Waals surface area contributed by atoms with Crippen molar-refractivity contribution in [1.82, 2.24) is 88.8 Å². The zero-order chi connectivity index (χ0) is 103. The predicted molar refractivity (Wildman–Crippen MR) is 596 cm³/mol. The monoisotopic (exact) mass is 2310 g/mol. The van der Waals surface area contributed by atoms with Gasteiger partial charge in [0.05, 0.1) is 119 Å². The summed E-state index contributed by atoms with van der Waals surface area (Å²) >= 11 is 56.8. The van der Waals surface area contributed by atoms with Gasteiger partial charge in [-0.2, -0.15) is 116 Å². The molecule has 0 radical (unpaired) electrons. The number of H-pyrrole nitrogens is 1. The van der Waals surface area contributed by atoms with Crippen LogP contribution >= 0.6 is 157 Å². The number of rotatable bonds is 27. The minimum absolute atomic E-state index is 0. The van der Waals surface area contributed by atoms with E-state index in [4.69, 9.17) is 85.4 Å². The van der Waals surface area contributed by atoms with Crippen molar-refractivity contribution in [3.05, 3.63) is 150 Å². The SMILES string of the molecule is C.C.C.C.C.C.C.CC(C)CS.CC(C)CS(=O)(=O)c1nn(C2CC2)cc1N.CC(C)CS(=O)(=O)c1nn(C2CC2)cc1Nc1nc(Cl)ncc1Cl.CC(C)CS(=O)(=O)c1nn(C2CC2)cc1[N+](=O)[O-].CC(C)CSc1nn(C2CC2)cc1[N+](=O)[O-].CS.CS.CS.CS.CS.Clc1ncc(Cl)c(Cl)n1.O=[N+]([O-])c1cn(C2CC2)nc1Cl.O=[N+]([O-])c1cn[nH]c1.O=[N+]([O-])c1cnn(C2CC2)c1.OB(O)C1CC1. The van der Waals surface area contributed by atoms with E-state index in [1.165, 1.54) is 59.8 Å². The minimum atomic E-state index is -3.69. The van der Waals surface area contributed by atoms with Crippen LogP contribution in [0.3, 0.4) is 0 Å². The largest absolute Gasteiger partial charge is 0.454 e. The zero-order valence-corrected chi connectivity index (χ0v) is 89.9. The number of nitrogens with zero attached hydrogens (tertiary/aromatic N) is 22. The second kappa shape index (κ2) is 72.6. The molecule has 0 bridgehead atoms. The Morgan fingerprint density at radius 1 is 0.444 bits per heavy atom. The summed E-state index contributed by atoms with van der Waals surface area (Å²) in [5.74, 6) is 3.53. The molecule has 7 saturated carbocycles. The lowest BCUT2D eigenvalue weighted by Crippen LogP contribution is -2.14. The third-order valence-electron chi connectivity index (χ3n) is 17.2. The Morgan fingerprint density at radius 2 is 0.803 bits per heavy atom. The number of nitrogen functional groups attached to an aromatic ring is 1. The van der Waals surface area contributed by atoms with Crippen molar-refractivity contribution >= 4 is 239 Å². The maximum Gasteiger partial charge on any atom is 0.454 e. The van der Waals surface area contributed by atoms with Crippen LogP contribution in [-0.2, 0) is 29.5 Å². The first-order valence-corrected chi connectivity index (χ1v) is 54.8. The van der Waals surface area contributed by atoms with Crippen molar-refractivity contribution in [2.24, 2.45) is 29.6 Å². The molecule has 0 amide bonds. The highest BCUT2D eigenvalue weighted by molar-refractivity contribution is 7.99. The normalized spacial score (nSPS) is 13.5. The highest BCUT2D eigenvalue weighted by Crippen LogP contribution is 2.43. The van der Waals surface area contributed by atoms with Crippen LogP contribution in [0.25, 0.3) is 0 Å². The van der Waals surface area contributed by atoms with E-state index in [2.05, 4.69) is 170 Å². The first-order chi connectivity index (χ1) is 63.6. The average molecular weight is 2310 g/mol. The second-order valence-corrected chi connectivity index (χ2v) is 41.1. The molecule has 16 rings (SSSR count). The summed E-state index contributed by atoms with van der Waals surface area (Å²) in [5.41, 5.74) is 6.02. The van der Waals surface area contributed by atoms with Crippen LogP contribution in [0.2, 0.25) is 36.7 Å². The molecule has 142 heavy (non-hydrogen) atoms. The third-order valence-corrected chi connectivity index (χ3v) is 26.9. The third kappa shape index (κ3) is 53.7. The molecular weight excluding hydrogens is 2170 g/mol. The number of anilines is 3. The van der Waals surface area contributed by atoms with Gasteiger partial charge in [0.15, 0.2) is 40.7 Å². The van der Waals surface area contributed by atoms with Crippen LogP contribution in [0.15, 0.2) is 88.3 Å². The van der Waals surface area contributed by atoms with Crippen molar-refractivity contribution < 1.29 is 59.9 Å². The highest BCUT2D eigenvalue weighted by Gasteiger charge is 2.38. The van der Waals surface area contributed by atoms with E-state index < -0.39 is 67.0 Å². The van der Waals surface area contributed by atoms with Crippen molar-refractivity contribution in [3.63, 3.8) is 0 Å². The number of aromatic nitrogens is 18. The van der Waals surface area contributed by atoms with Crippen molar-refractivity contribution in [3.8, 4) is 0 Å². The predicted octanol–water partition coefficient (Wildman–Crippen LogP) is 23.2. The Hall–Kier alpha value is -6.75. The molecule has 7 aliphatic carbocycles. The average Bonchev–Trinajstić information content (AvgIpc) is 1.37. The number of nitro groups is 5. The number of nitrogens with one attached hydrogen (secondary N) is 2. The number of thioether (sulfide) groups is 1. The molecule has 6 N–H and O–H groups in total. The van der Waals surface area contributed by atoms with Gasteiger partial charge < -0.3 is 21.1 Å². The van der Waals surface area contributed by atoms with Gasteiger partial charge in [0.25, 0.3) is 5.03 Å². The number of hydrogen-bond acceptors (Lipinski definition) is 38. The standard InChI is InChI=1S/C14H17Cl2N5O2S.C10H15N3O4S.C10H15N3O2S.C10H17N3O2S.C6H6ClN3O2.C6H7N3O2.C4HCl3N2.C4H10S.C3H7BO2.C3H3N3O2.5CH4S.7CH4/c1-8(2)7-24(22,23)13-11(6-21(20-13)9-3-4-9)18-12-10(15)5-17-14(16)19-12;1-7(2)6-18(16,17)10-9(13(14)15)5-12(11-10)8-3-4-8;1-7(2)6-16-10-9(13(14)15)5-12(11-10)8-3-4-8;1-7(2)6-16(14,15)10-9(11)5-13(12-10)8-3-4-8;7-6-5(10(11)12)3-9(8-6)4-1-2-4;10-9(11)6-3-7-8(4-6)5-1-2-5;5-2-1-8-4(7)9-3(2)6;1-4(2)3-5;5-4(6)3-1-2-3;7-6(8)3-1-4-5-2-3;5*1-2;;;;;;;/h5-6,8-9H,3-4,7H2,1-2H3,(H,17,18,19);5,7-8H,3-4,6H2,1-2H3;5,7-8H,3-4,6H2,1-2H3;5,7-8H,3-4,6,11H2,1-2H3;3-4H,1-2H2;3-5H,1-2H2;1H;4-5H,3H2,1-2H3;3,5-6H,1-2H2;1-2H,(H,4,5);5*2H,1H3;7*1H4. The number of halogens is 6. The van der Waals surface area contributed by atoms with Gasteiger partial charge in [0, 0.05) is 11.9 Å². The number of hydrogen-bond donors (Lipinski definition) is 11. The second-order valence-electron chi connectivity index (χ2n) is 31.7. The molecule has 0 unspecified atom stereocenters. The van der Waals surface area contributed by atoms with E-state index in [1.807, 2.05) is 27.7 Å². The van der Waals surface area contributed by atoms with E-state index in [-0.39, 0.29) is 180 Å². The maximum atomic E-state index is 12.7. The fourth-order valence-corrected chi connectivity index (χ4v) is 17.0. The summed E-state index contributed by atoms with van der Waals surface area (Å²) in [6, 6.07) is 1.86. The smallest absolute Gasteiger partial charge is 0.427 e. The van der Waals surface area contributed by atoms with Gasteiger partial charge in [-0.25, -0.2) is 40.2 Å². The molecule has 43 nitrogen and oxygen atoms in total. The Labute approximate surface area is 904 Å². The Morgan fingerprint density at radius 3 is 1.14 bits per heavy atom. The molecule has 812 valence electrons. The Balaban J connectivity index is -0.000000364. The topological polar surface area (TPSA) is 584 Å². The first kappa shape index (κ1) is 146. The quantitative estimate of drug-likeness (QED) is 0.00433. The fraction of sp³-hybridized carbons (Fsp3) is 0.646. The molecule has 7 aliphatic rings. The zero-order valence-electron chi connectivity index (χ0n) is 76.7. The molecule has 9 aromatic rings. The summed E-state index contributed by atoms with van der Waals surface area (Å²) < 4.78 is 83.1. The van der Waals surface area contributed by atoms with Crippen LogP contribution in [0.1, 0.15) is 247 Å². The summed E-state index contributed by atoms with van der Waals surface area (Å²) in [6.07, 6.45) is 38.1. The van der Waals surface area contributed by atoms with Crippen LogP contribution < -0.4 is 11.1 Å². The van der Waals surface area contributed by atoms with E-state index in [9.17, 15) is 75.8 Å². The van der Waals surface area contributed by atoms with Crippen molar-refractivity contribution in [2.75, 3.05) is 71.1 Å². The summed E-state index contributed by atoms with van der Waals surface area (Å²) in [6.45, 7) is 19.4. The fourth-order valence-electron chi connectivity index (χ4n) is 10.1. The van der Waals surface area contributed by atoms with E-state index in [1.54, 1.807) is 87.1 Å². The van der Waals surface area contributed by atoms with Gasteiger partial charge in [-0.1, -0.05) is 192 Å². The Bertz CT molecular complexity index is 5490. The first-order valence-electron chi connectivity index (χ1n) is 41.5. The lowest BCUT2D eigenvalue weighted by atomic mass is 9.84. The Kier molecular flexibility index (Phi) is 74.6. The van der Waals surface area contributed by atoms with E-state index in [0.717, 1.165) is 114 Å². The lowest BCUT2D eigenvalue weighted by molar-refractivity contribution is -0.388. The van der Waals surface area contributed by atoms with Gasteiger partial charge in [0.2, 0.25) is 30.6 Å². The molecule has 9 aromatic heterocycles. The van der Waals surface area contributed by atoms with Gasteiger partial charge in [0.1, 0.15) is 42.2 Å². The van der Waals surface area contributed by atoms with E-state index in [0.29, 0.717) is 45.8 Å². The van der Waals surface area contributed by atoms with Crippen LogP contribution in [0.4, 0.5) is 45.6 Å². The van der Waals surface area contributed by atoms with E-state index >= 15 is 0 Å². The molecule has 0 aromatic carbocycles.